The van der Waals surface area contributed by atoms with Crippen LogP contribution < -0.4 is 5.32 Å². The van der Waals surface area contributed by atoms with Crippen molar-refractivity contribution in [2.45, 2.75) is 33.7 Å². The van der Waals surface area contributed by atoms with E-state index in [1.807, 2.05) is 27.7 Å². The first-order valence-corrected chi connectivity index (χ1v) is 5.54. The van der Waals surface area contributed by atoms with Gasteiger partial charge < -0.3 is 10.4 Å². The van der Waals surface area contributed by atoms with Gasteiger partial charge in [0.05, 0.1) is 13.1 Å². The summed E-state index contributed by atoms with van der Waals surface area (Å²) in [6, 6.07) is 0.0817. The summed E-state index contributed by atoms with van der Waals surface area (Å²) in [6.07, 6.45) is 0. The SMILES string of the molecule is CC(C)CN(CC(=O)O)CC(=O)NC(C)C. The summed E-state index contributed by atoms with van der Waals surface area (Å²) in [7, 11) is 0. The Morgan fingerprint density at radius 3 is 2.12 bits per heavy atom. The highest BCUT2D eigenvalue weighted by molar-refractivity contribution is 5.79. The van der Waals surface area contributed by atoms with E-state index >= 15 is 0 Å². The summed E-state index contributed by atoms with van der Waals surface area (Å²) in [5.41, 5.74) is 0. The standard InChI is InChI=1S/C11H22N2O3/c1-8(2)5-13(7-11(15)16)6-10(14)12-9(3)4/h8-9H,5-7H2,1-4H3,(H,12,14)(H,15,16). The lowest BCUT2D eigenvalue weighted by Gasteiger charge is -2.22. The number of carbonyl (C=O) groups is 2. The van der Waals surface area contributed by atoms with Gasteiger partial charge in [-0.25, -0.2) is 0 Å². The van der Waals surface area contributed by atoms with Crippen LogP contribution >= 0.6 is 0 Å². The second kappa shape index (κ2) is 7.22. The number of rotatable bonds is 7. The number of carboxylic acids is 1. The number of nitrogens with one attached hydrogen (secondary N) is 1. The second-order valence-electron chi connectivity index (χ2n) is 4.68. The Balaban J connectivity index is 4.19. The minimum absolute atomic E-state index is 0.0817. The number of carboxylic acid groups (broad SMARTS) is 1. The molecule has 0 rings (SSSR count). The Labute approximate surface area is 96.8 Å². The first-order chi connectivity index (χ1) is 7.31. The van der Waals surface area contributed by atoms with Gasteiger partial charge >= 0.3 is 5.97 Å². The molecule has 0 heterocycles. The van der Waals surface area contributed by atoms with Crippen LogP contribution in [0.25, 0.3) is 0 Å². The van der Waals surface area contributed by atoms with Gasteiger partial charge in [-0.1, -0.05) is 13.8 Å². The highest BCUT2D eigenvalue weighted by atomic mass is 16.4. The van der Waals surface area contributed by atoms with Gasteiger partial charge in [0.15, 0.2) is 0 Å². The molecular formula is C11H22N2O3. The highest BCUT2D eigenvalue weighted by Gasteiger charge is 2.15. The zero-order valence-electron chi connectivity index (χ0n) is 10.5. The average Bonchev–Trinajstić information content (AvgIpc) is 1.97. The number of nitrogens with zero attached hydrogens (tertiary/aromatic N) is 1. The van der Waals surface area contributed by atoms with Crippen LogP contribution in [-0.4, -0.2) is 47.6 Å². The van der Waals surface area contributed by atoms with Gasteiger partial charge in [0, 0.05) is 12.6 Å². The largest absolute Gasteiger partial charge is 0.480 e. The van der Waals surface area contributed by atoms with E-state index in [0.29, 0.717) is 12.5 Å². The number of carbonyl (C=O) groups excluding carboxylic acids is 1. The third-order valence-corrected chi connectivity index (χ3v) is 1.80. The van der Waals surface area contributed by atoms with E-state index in [9.17, 15) is 9.59 Å². The molecule has 94 valence electrons. The van der Waals surface area contributed by atoms with Gasteiger partial charge in [0.1, 0.15) is 0 Å². The maximum absolute atomic E-state index is 11.5. The van der Waals surface area contributed by atoms with Crippen molar-refractivity contribution >= 4 is 11.9 Å². The molecule has 0 saturated heterocycles. The van der Waals surface area contributed by atoms with Crippen LogP contribution in [0.2, 0.25) is 0 Å². The molecule has 0 aliphatic carbocycles. The molecule has 0 unspecified atom stereocenters. The van der Waals surface area contributed by atoms with Crippen LogP contribution in [0.3, 0.4) is 0 Å². The average molecular weight is 230 g/mol. The molecule has 0 aliphatic heterocycles. The number of hydrogen-bond acceptors (Lipinski definition) is 3. The van der Waals surface area contributed by atoms with Crippen molar-refractivity contribution in [1.82, 2.24) is 10.2 Å². The maximum atomic E-state index is 11.5. The van der Waals surface area contributed by atoms with Crippen LogP contribution in [0.5, 0.6) is 0 Å². The van der Waals surface area contributed by atoms with E-state index in [2.05, 4.69) is 5.32 Å². The normalized spacial score (nSPS) is 11.2. The van der Waals surface area contributed by atoms with E-state index in [1.165, 1.54) is 0 Å². The van der Waals surface area contributed by atoms with Crippen LogP contribution in [-0.2, 0) is 9.59 Å². The summed E-state index contributed by atoms with van der Waals surface area (Å²) in [5, 5.41) is 11.5. The first-order valence-electron chi connectivity index (χ1n) is 5.54. The number of amides is 1. The van der Waals surface area contributed by atoms with Crippen LogP contribution in [0, 0.1) is 5.92 Å². The molecular weight excluding hydrogens is 208 g/mol. The van der Waals surface area contributed by atoms with E-state index in [0.717, 1.165) is 0 Å². The fourth-order valence-electron chi connectivity index (χ4n) is 1.46. The van der Waals surface area contributed by atoms with Crippen LogP contribution in [0.4, 0.5) is 0 Å². The quantitative estimate of drug-likeness (QED) is 0.670. The summed E-state index contributed by atoms with van der Waals surface area (Å²) in [5.74, 6) is -0.693. The van der Waals surface area contributed by atoms with Gasteiger partial charge in [-0.3, -0.25) is 14.5 Å². The topological polar surface area (TPSA) is 69.6 Å². The highest BCUT2D eigenvalue weighted by Crippen LogP contribution is 1.98. The lowest BCUT2D eigenvalue weighted by Crippen LogP contribution is -2.43. The first kappa shape index (κ1) is 14.9. The predicted molar refractivity (Wildman–Crippen MR) is 62.2 cm³/mol. The van der Waals surface area contributed by atoms with Crippen molar-refractivity contribution in [3.05, 3.63) is 0 Å². The van der Waals surface area contributed by atoms with Crippen LogP contribution in [0.15, 0.2) is 0 Å². The molecule has 0 aromatic carbocycles. The van der Waals surface area contributed by atoms with Crippen molar-refractivity contribution in [2.24, 2.45) is 5.92 Å². The predicted octanol–water partition coefficient (Wildman–Crippen LogP) is 0.554. The van der Waals surface area contributed by atoms with Gasteiger partial charge in [-0.05, 0) is 19.8 Å². The molecule has 5 nitrogen and oxygen atoms in total. The summed E-state index contributed by atoms with van der Waals surface area (Å²) in [6.45, 7) is 8.40. The molecule has 0 aliphatic rings. The van der Waals surface area contributed by atoms with Crippen LogP contribution in [0.1, 0.15) is 27.7 Å². The van der Waals surface area contributed by atoms with E-state index in [-0.39, 0.29) is 25.0 Å². The maximum Gasteiger partial charge on any atom is 0.317 e. The summed E-state index contributed by atoms with van der Waals surface area (Å²) >= 11 is 0. The van der Waals surface area contributed by atoms with E-state index < -0.39 is 5.97 Å². The zero-order valence-corrected chi connectivity index (χ0v) is 10.5. The number of aliphatic carboxylic acids is 1. The van der Waals surface area contributed by atoms with Gasteiger partial charge in [0.2, 0.25) is 5.91 Å². The van der Waals surface area contributed by atoms with Crippen molar-refractivity contribution in [2.75, 3.05) is 19.6 Å². The second-order valence-corrected chi connectivity index (χ2v) is 4.68. The minimum Gasteiger partial charge on any atom is -0.480 e. The Morgan fingerprint density at radius 2 is 1.75 bits per heavy atom. The molecule has 0 bridgehead atoms. The Bertz CT molecular complexity index is 239. The van der Waals surface area contributed by atoms with Crippen molar-refractivity contribution in [1.29, 1.82) is 0 Å². The molecule has 0 spiro atoms. The molecule has 0 fully saturated rings. The number of hydrogen-bond donors (Lipinski definition) is 2. The lowest BCUT2D eigenvalue weighted by molar-refractivity contribution is -0.138. The van der Waals surface area contributed by atoms with Crippen molar-refractivity contribution < 1.29 is 14.7 Å². The van der Waals surface area contributed by atoms with Crippen molar-refractivity contribution in [3.8, 4) is 0 Å². The summed E-state index contributed by atoms with van der Waals surface area (Å²) in [4.78, 5) is 23.7. The molecule has 16 heavy (non-hydrogen) atoms. The monoisotopic (exact) mass is 230 g/mol. The fraction of sp³-hybridized carbons (Fsp3) is 0.818. The third kappa shape index (κ3) is 8.23. The summed E-state index contributed by atoms with van der Waals surface area (Å²) < 4.78 is 0. The van der Waals surface area contributed by atoms with Crippen molar-refractivity contribution in [3.63, 3.8) is 0 Å². The smallest absolute Gasteiger partial charge is 0.317 e. The molecule has 1 amide bonds. The molecule has 0 aromatic rings. The van der Waals surface area contributed by atoms with Gasteiger partial charge in [-0.2, -0.15) is 0 Å². The molecule has 5 heteroatoms. The minimum atomic E-state index is -0.905. The van der Waals surface area contributed by atoms with Gasteiger partial charge in [-0.15, -0.1) is 0 Å². The Morgan fingerprint density at radius 1 is 1.19 bits per heavy atom. The van der Waals surface area contributed by atoms with E-state index in [1.54, 1.807) is 4.90 Å². The molecule has 2 N–H and O–H groups in total. The Hall–Kier alpha value is -1.10. The van der Waals surface area contributed by atoms with E-state index in [4.69, 9.17) is 5.11 Å². The molecule has 0 radical (unpaired) electrons. The molecule has 0 atom stereocenters. The molecule has 0 aromatic heterocycles. The Kier molecular flexibility index (Phi) is 6.72. The molecule has 0 saturated carbocycles. The third-order valence-electron chi connectivity index (χ3n) is 1.80. The fourth-order valence-corrected chi connectivity index (χ4v) is 1.46. The zero-order chi connectivity index (χ0) is 12.7. The van der Waals surface area contributed by atoms with Gasteiger partial charge in [0.25, 0.3) is 0 Å². The lowest BCUT2D eigenvalue weighted by atomic mass is 10.2.